The molecule has 0 saturated carbocycles. The zero-order valence-corrected chi connectivity index (χ0v) is 7.42. The Bertz CT molecular complexity index is 227. The Morgan fingerprint density at radius 2 is 1.75 bits per heavy atom. The molecule has 0 bridgehead atoms. The molecule has 0 aliphatic rings. The van der Waals surface area contributed by atoms with Gasteiger partial charge < -0.3 is 9.84 Å². The fourth-order valence-corrected chi connectivity index (χ4v) is 0.298. The van der Waals surface area contributed by atoms with Crippen LogP contribution >= 0.6 is 12.6 Å². The lowest BCUT2D eigenvalue weighted by Gasteiger charge is -2.12. The first-order valence-corrected chi connectivity index (χ1v) is 3.42. The van der Waals surface area contributed by atoms with Gasteiger partial charge >= 0.3 is 17.9 Å². The quantitative estimate of drug-likeness (QED) is 0.261. The van der Waals surface area contributed by atoms with Gasteiger partial charge in [-0.1, -0.05) is 0 Å². The van der Waals surface area contributed by atoms with E-state index in [1.807, 2.05) is 0 Å². The molecule has 0 fully saturated rings. The van der Waals surface area contributed by atoms with Gasteiger partial charge in [0.05, 0.1) is 0 Å². The molecule has 68 valence electrons. The summed E-state index contributed by atoms with van der Waals surface area (Å²) in [5.74, 6) is -4.39. The SMILES string of the molecule is CC(C)(S)C(=O)OC(=O)C(=O)O. The standard InChI is InChI=1S/C6H8O5S/c1-6(2,12)5(10)11-4(9)3(7)8/h12H,1-2H3,(H,7,8). The Morgan fingerprint density at radius 3 is 2.00 bits per heavy atom. The second-order valence-electron chi connectivity index (χ2n) is 2.54. The summed E-state index contributed by atoms with van der Waals surface area (Å²) in [5, 5.41) is 8.04. The lowest BCUT2D eigenvalue weighted by atomic mass is 10.2. The molecule has 0 radical (unpaired) electrons. The van der Waals surface area contributed by atoms with E-state index in [2.05, 4.69) is 17.4 Å². The second-order valence-corrected chi connectivity index (χ2v) is 3.66. The van der Waals surface area contributed by atoms with Crippen molar-refractivity contribution in [3.05, 3.63) is 0 Å². The molecule has 5 nitrogen and oxygen atoms in total. The number of hydrogen-bond acceptors (Lipinski definition) is 5. The molecular weight excluding hydrogens is 184 g/mol. The van der Waals surface area contributed by atoms with Crippen molar-refractivity contribution in [2.75, 3.05) is 0 Å². The number of aliphatic carboxylic acids is 1. The average Bonchev–Trinajstić information content (AvgIpc) is 1.85. The van der Waals surface area contributed by atoms with E-state index in [0.717, 1.165) is 0 Å². The van der Waals surface area contributed by atoms with Gasteiger partial charge in [0.25, 0.3) is 0 Å². The molecule has 0 saturated heterocycles. The number of rotatable bonds is 1. The molecule has 0 aromatic heterocycles. The highest BCUT2D eigenvalue weighted by atomic mass is 32.1. The van der Waals surface area contributed by atoms with Crippen molar-refractivity contribution in [2.24, 2.45) is 0 Å². The van der Waals surface area contributed by atoms with Crippen LogP contribution in [0.2, 0.25) is 0 Å². The molecule has 0 heterocycles. The molecule has 0 amide bonds. The third-order valence-corrected chi connectivity index (χ3v) is 1.04. The minimum absolute atomic E-state index is 0.988. The van der Waals surface area contributed by atoms with E-state index in [9.17, 15) is 14.4 Å². The zero-order valence-electron chi connectivity index (χ0n) is 6.53. The smallest absolute Gasteiger partial charge is 0.424 e. The molecule has 12 heavy (non-hydrogen) atoms. The van der Waals surface area contributed by atoms with Crippen LogP contribution < -0.4 is 0 Å². The van der Waals surface area contributed by atoms with Crippen LogP contribution in [0.15, 0.2) is 0 Å². The van der Waals surface area contributed by atoms with Crippen LogP contribution in [0.4, 0.5) is 0 Å². The van der Waals surface area contributed by atoms with Gasteiger partial charge in [0.1, 0.15) is 4.75 Å². The van der Waals surface area contributed by atoms with E-state index in [1.54, 1.807) is 0 Å². The van der Waals surface area contributed by atoms with Crippen LogP contribution in [0.3, 0.4) is 0 Å². The van der Waals surface area contributed by atoms with E-state index in [1.165, 1.54) is 13.8 Å². The maximum atomic E-state index is 10.8. The first-order chi connectivity index (χ1) is 5.25. The summed E-state index contributed by atoms with van der Waals surface area (Å²) >= 11 is 3.77. The lowest BCUT2D eigenvalue weighted by molar-refractivity contribution is -0.171. The summed E-state index contributed by atoms with van der Waals surface area (Å²) in [7, 11) is 0. The van der Waals surface area contributed by atoms with Crippen LogP contribution in [0, 0.1) is 0 Å². The molecule has 0 unspecified atom stereocenters. The molecule has 0 rings (SSSR count). The fraction of sp³-hybridized carbons (Fsp3) is 0.500. The Hall–Kier alpha value is -1.04. The summed E-state index contributed by atoms with van der Waals surface area (Å²) < 4.78 is 2.75. The summed E-state index contributed by atoms with van der Waals surface area (Å²) in [6.07, 6.45) is 0. The second kappa shape index (κ2) is 3.57. The largest absolute Gasteiger partial charge is 0.473 e. The minimum Gasteiger partial charge on any atom is -0.473 e. The molecule has 0 aromatic rings. The summed E-state index contributed by atoms with van der Waals surface area (Å²) in [4.78, 5) is 31.0. The first kappa shape index (κ1) is 11.0. The number of carboxylic acid groups (broad SMARTS) is 1. The van der Waals surface area contributed by atoms with E-state index >= 15 is 0 Å². The molecule has 0 spiro atoms. The lowest BCUT2D eigenvalue weighted by Crippen LogP contribution is -2.32. The summed E-state index contributed by atoms with van der Waals surface area (Å²) in [5.41, 5.74) is 0. The maximum Gasteiger partial charge on any atom is 0.424 e. The van der Waals surface area contributed by atoms with E-state index in [4.69, 9.17) is 5.11 Å². The highest BCUT2D eigenvalue weighted by Crippen LogP contribution is 2.13. The van der Waals surface area contributed by atoms with Crippen molar-refractivity contribution in [3.8, 4) is 0 Å². The zero-order chi connectivity index (χ0) is 9.94. The third kappa shape index (κ3) is 3.38. The van der Waals surface area contributed by atoms with Crippen LogP contribution in [-0.2, 0) is 19.1 Å². The van der Waals surface area contributed by atoms with Gasteiger partial charge in [-0.05, 0) is 13.8 Å². The molecule has 0 aromatic carbocycles. The first-order valence-electron chi connectivity index (χ1n) is 2.97. The number of carbonyl (C=O) groups is 3. The van der Waals surface area contributed by atoms with Crippen molar-refractivity contribution < 1.29 is 24.2 Å². The molecule has 6 heteroatoms. The molecule has 1 N–H and O–H groups in total. The number of hydrogen-bond donors (Lipinski definition) is 2. The number of esters is 2. The molecular formula is C6H8O5S. The highest BCUT2D eigenvalue weighted by molar-refractivity contribution is 7.82. The Kier molecular flexibility index (Phi) is 3.26. The normalized spacial score (nSPS) is 10.6. The van der Waals surface area contributed by atoms with Gasteiger partial charge in [-0.3, -0.25) is 4.79 Å². The number of thiol groups is 1. The fourth-order valence-electron chi connectivity index (χ4n) is 0.253. The predicted molar refractivity (Wildman–Crippen MR) is 41.8 cm³/mol. The van der Waals surface area contributed by atoms with E-state index < -0.39 is 22.7 Å². The predicted octanol–water partition coefficient (Wildman–Crippen LogP) is -0.151. The van der Waals surface area contributed by atoms with Gasteiger partial charge in [0.2, 0.25) is 0 Å². The summed E-state index contributed by atoms with van der Waals surface area (Å²) in [6.45, 7) is 2.77. The van der Waals surface area contributed by atoms with Crippen LogP contribution in [0.5, 0.6) is 0 Å². The third-order valence-electron chi connectivity index (χ3n) is 0.860. The molecule has 0 aliphatic heterocycles. The van der Waals surface area contributed by atoms with Crippen molar-refractivity contribution >= 4 is 30.5 Å². The van der Waals surface area contributed by atoms with Crippen LogP contribution in [-0.4, -0.2) is 27.8 Å². The summed E-state index contributed by atoms with van der Waals surface area (Å²) in [6, 6.07) is 0. The van der Waals surface area contributed by atoms with Crippen molar-refractivity contribution in [1.29, 1.82) is 0 Å². The molecule has 0 atom stereocenters. The minimum atomic E-state index is -1.80. The Balaban J connectivity index is 4.21. The van der Waals surface area contributed by atoms with Crippen molar-refractivity contribution in [2.45, 2.75) is 18.6 Å². The monoisotopic (exact) mass is 192 g/mol. The van der Waals surface area contributed by atoms with Crippen molar-refractivity contribution in [3.63, 3.8) is 0 Å². The maximum absolute atomic E-state index is 10.8. The van der Waals surface area contributed by atoms with E-state index in [-0.39, 0.29) is 0 Å². The Morgan fingerprint density at radius 1 is 1.33 bits per heavy atom. The molecule has 0 aliphatic carbocycles. The van der Waals surface area contributed by atoms with Gasteiger partial charge in [0, 0.05) is 0 Å². The van der Waals surface area contributed by atoms with Gasteiger partial charge in [-0.15, -0.1) is 0 Å². The Labute approximate surface area is 74.1 Å². The topological polar surface area (TPSA) is 80.7 Å². The van der Waals surface area contributed by atoms with Gasteiger partial charge in [-0.2, -0.15) is 12.6 Å². The van der Waals surface area contributed by atoms with Crippen LogP contribution in [0.1, 0.15) is 13.8 Å². The van der Waals surface area contributed by atoms with Gasteiger partial charge in [-0.25, -0.2) is 9.59 Å². The van der Waals surface area contributed by atoms with E-state index in [0.29, 0.717) is 0 Å². The number of ether oxygens (including phenoxy) is 1. The van der Waals surface area contributed by atoms with Crippen molar-refractivity contribution in [1.82, 2.24) is 0 Å². The number of carbonyl (C=O) groups excluding carboxylic acids is 2. The van der Waals surface area contributed by atoms with Gasteiger partial charge in [0.15, 0.2) is 0 Å². The highest BCUT2D eigenvalue weighted by Gasteiger charge is 2.29. The van der Waals surface area contributed by atoms with Crippen LogP contribution in [0.25, 0.3) is 0 Å². The number of carboxylic acids is 1. The average molecular weight is 192 g/mol.